The summed E-state index contributed by atoms with van der Waals surface area (Å²) in [6.07, 6.45) is 4.05. The van der Waals surface area contributed by atoms with Gasteiger partial charge in [0.1, 0.15) is 5.65 Å². The maximum atomic E-state index is 13.8. The number of anilines is 1. The number of hydrogen-bond acceptors (Lipinski definition) is 8. The molecule has 8 nitrogen and oxygen atoms in total. The zero-order chi connectivity index (χ0) is 23.9. The fourth-order valence-electron chi connectivity index (χ4n) is 4.41. The molecule has 1 aromatic carbocycles. The van der Waals surface area contributed by atoms with Gasteiger partial charge in [-0.1, -0.05) is 23.7 Å². The van der Waals surface area contributed by atoms with Crippen molar-refractivity contribution in [1.82, 2.24) is 24.8 Å². The molecule has 10 heteroatoms. The number of fused-ring (bicyclic) bond motifs is 1. The van der Waals surface area contributed by atoms with Gasteiger partial charge >= 0.3 is 0 Å². The summed E-state index contributed by atoms with van der Waals surface area (Å²) in [5.74, 6) is 1.07. The third kappa shape index (κ3) is 4.45. The second-order valence-electron chi connectivity index (χ2n) is 8.93. The Bertz CT molecular complexity index is 1460. The van der Waals surface area contributed by atoms with E-state index in [0.717, 1.165) is 23.2 Å². The van der Waals surface area contributed by atoms with Gasteiger partial charge in [0.05, 0.1) is 30.0 Å². The zero-order valence-corrected chi connectivity index (χ0v) is 20.8. The maximum Gasteiger partial charge on any atom is 0.260 e. The van der Waals surface area contributed by atoms with E-state index in [9.17, 15) is 4.79 Å². The van der Waals surface area contributed by atoms with Crippen molar-refractivity contribution in [2.24, 2.45) is 0 Å². The number of morpholine rings is 1. The van der Waals surface area contributed by atoms with Crippen LogP contribution in [0.3, 0.4) is 0 Å². The van der Waals surface area contributed by atoms with Gasteiger partial charge in [-0.3, -0.25) is 9.36 Å². The number of hydrogen-bond donors (Lipinski definition) is 2. The number of pyridine rings is 1. The minimum absolute atomic E-state index is 0.129. The lowest BCUT2D eigenvalue weighted by Crippen LogP contribution is -2.42. The Balaban J connectivity index is 1.43. The smallest absolute Gasteiger partial charge is 0.260 e. The highest BCUT2D eigenvalue weighted by Gasteiger charge is 2.27. The molecule has 2 N–H and O–H groups in total. The lowest BCUT2D eigenvalue weighted by atomic mass is 10.0. The summed E-state index contributed by atoms with van der Waals surface area (Å²) < 4.78 is 7.56. The summed E-state index contributed by atoms with van der Waals surface area (Å²) in [6, 6.07) is 7.60. The van der Waals surface area contributed by atoms with Gasteiger partial charge in [0.15, 0.2) is 0 Å². The highest BCUT2D eigenvalue weighted by atomic mass is 35.5. The van der Waals surface area contributed by atoms with E-state index in [0.29, 0.717) is 53.4 Å². The molecule has 4 aromatic rings. The topological polar surface area (TPSA) is 94.0 Å². The van der Waals surface area contributed by atoms with Crippen LogP contribution in [0, 0.1) is 0 Å². The van der Waals surface area contributed by atoms with E-state index in [1.807, 2.05) is 24.3 Å². The van der Waals surface area contributed by atoms with E-state index in [2.05, 4.69) is 26.0 Å². The molecule has 2 fully saturated rings. The number of aromatic nitrogens is 4. The number of ether oxygens (including phenoxy) is 1. The van der Waals surface area contributed by atoms with Crippen LogP contribution in [-0.4, -0.2) is 52.4 Å². The van der Waals surface area contributed by atoms with Crippen LogP contribution in [0.25, 0.3) is 33.4 Å². The number of nitrogens with one attached hydrogen (secondary N) is 2. The minimum Gasteiger partial charge on any atom is -0.374 e. The molecule has 0 bridgehead atoms. The van der Waals surface area contributed by atoms with Gasteiger partial charge in [-0.15, -0.1) is 11.3 Å². The maximum absolute atomic E-state index is 13.8. The van der Waals surface area contributed by atoms with Gasteiger partial charge in [0, 0.05) is 64.7 Å². The summed E-state index contributed by atoms with van der Waals surface area (Å²) in [4.78, 5) is 27.5. The van der Waals surface area contributed by atoms with Crippen LogP contribution in [-0.2, 0) is 11.3 Å². The Labute approximate surface area is 211 Å². The van der Waals surface area contributed by atoms with Gasteiger partial charge in [-0.25, -0.2) is 9.97 Å². The summed E-state index contributed by atoms with van der Waals surface area (Å²) in [5.41, 5.74) is 3.47. The standard InChI is InChI=1S/C25H25ClN6O2S/c1-27-25-29-10-16-8-19(24(33)32(22(16)31-25)12-17-11-28-6-7-34-17)18-5-4-15(9-20(18)26)21-13-35-23(30-21)14-2-3-14/h4-5,8-10,13-14,17,28H,2-3,6-7,11-12H2,1H3,(H,27,29,31). The van der Waals surface area contributed by atoms with Gasteiger partial charge in [-0.2, -0.15) is 4.98 Å². The van der Waals surface area contributed by atoms with Crippen LogP contribution >= 0.6 is 22.9 Å². The van der Waals surface area contributed by atoms with Gasteiger partial charge in [-0.05, 0) is 25.0 Å². The van der Waals surface area contributed by atoms with Gasteiger partial charge in [0.2, 0.25) is 5.95 Å². The lowest BCUT2D eigenvalue weighted by molar-refractivity contribution is 0.0183. The first-order valence-corrected chi connectivity index (χ1v) is 13.0. The summed E-state index contributed by atoms with van der Waals surface area (Å²) in [6.45, 7) is 2.48. The van der Waals surface area contributed by atoms with Gasteiger partial charge in [0.25, 0.3) is 5.56 Å². The average molecular weight is 509 g/mol. The number of benzene rings is 1. The molecule has 3 aromatic heterocycles. The highest BCUT2D eigenvalue weighted by molar-refractivity contribution is 7.10. The van der Waals surface area contributed by atoms with Crippen LogP contribution in [0.2, 0.25) is 5.02 Å². The summed E-state index contributed by atoms with van der Waals surface area (Å²) >= 11 is 8.47. The third-order valence-corrected chi connectivity index (χ3v) is 7.76. The molecular formula is C25H25ClN6O2S. The Morgan fingerprint density at radius 1 is 1.26 bits per heavy atom. The molecule has 1 aliphatic carbocycles. The molecule has 1 saturated carbocycles. The van der Waals surface area contributed by atoms with Crippen LogP contribution in [0.5, 0.6) is 0 Å². The van der Waals surface area contributed by atoms with Crippen LogP contribution < -0.4 is 16.2 Å². The third-order valence-electron chi connectivity index (χ3n) is 6.44. The van der Waals surface area contributed by atoms with Crippen molar-refractivity contribution in [3.63, 3.8) is 0 Å². The van der Waals surface area contributed by atoms with E-state index in [1.54, 1.807) is 29.1 Å². The monoisotopic (exact) mass is 508 g/mol. The molecule has 0 spiro atoms. The van der Waals surface area contributed by atoms with E-state index in [-0.39, 0.29) is 11.7 Å². The zero-order valence-electron chi connectivity index (χ0n) is 19.3. The SMILES string of the molecule is CNc1ncc2cc(-c3ccc(-c4csc(C5CC5)n4)cc3Cl)c(=O)n(CC3CNCCO3)c2n1. The quantitative estimate of drug-likeness (QED) is 0.404. The molecule has 2 aliphatic rings. The van der Waals surface area contributed by atoms with E-state index < -0.39 is 0 Å². The molecule has 4 heterocycles. The van der Waals surface area contributed by atoms with Crippen LogP contribution in [0.4, 0.5) is 5.95 Å². The second-order valence-corrected chi connectivity index (χ2v) is 10.2. The predicted molar refractivity (Wildman–Crippen MR) is 139 cm³/mol. The van der Waals surface area contributed by atoms with Gasteiger partial charge < -0.3 is 15.4 Å². The lowest BCUT2D eigenvalue weighted by Gasteiger charge is -2.25. The fourth-order valence-corrected chi connectivity index (χ4v) is 5.70. The average Bonchev–Trinajstić information content (AvgIpc) is 3.62. The van der Waals surface area contributed by atoms with E-state index in [1.165, 1.54) is 17.8 Å². The number of rotatable bonds is 6. The van der Waals surface area contributed by atoms with Crippen molar-refractivity contribution in [3.8, 4) is 22.4 Å². The predicted octanol–water partition coefficient (Wildman–Crippen LogP) is 4.14. The molecule has 1 atom stereocenters. The molecule has 0 amide bonds. The Kier molecular flexibility index (Phi) is 6.01. The molecule has 0 radical (unpaired) electrons. The second kappa shape index (κ2) is 9.31. The largest absolute Gasteiger partial charge is 0.374 e. The molecule has 1 aliphatic heterocycles. The number of halogens is 1. The number of thiazole rings is 1. The highest BCUT2D eigenvalue weighted by Crippen LogP contribution is 2.43. The van der Waals surface area contributed by atoms with Crippen LogP contribution in [0.1, 0.15) is 23.8 Å². The Morgan fingerprint density at radius 3 is 2.89 bits per heavy atom. The number of nitrogens with zero attached hydrogens (tertiary/aromatic N) is 4. The first kappa shape index (κ1) is 22.6. The fraction of sp³-hybridized carbons (Fsp3) is 0.360. The van der Waals surface area contributed by atoms with Crippen LogP contribution in [0.15, 0.2) is 40.6 Å². The molecule has 1 saturated heterocycles. The molecule has 35 heavy (non-hydrogen) atoms. The van der Waals surface area contributed by atoms with Crippen molar-refractivity contribution in [3.05, 3.63) is 56.2 Å². The van der Waals surface area contributed by atoms with Crippen molar-refractivity contribution in [1.29, 1.82) is 0 Å². The van der Waals surface area contributed by atoms with E-state index >= 15 is 0 Å². The first-order valence-electron chi connectivity index (χ1n) is 11.8. The Hall–Kier alpha value is -2.85. The van der Waals surface area contributed by atoms with Crippen molar-refractivity contribution < 1.29 is 4.74 Å². The molecule has 1 unspecified atom stereocenters. The van der Waals surface area contributed by atoms with Crippen molar-refractivity contribution in [2.45, 2.75) is 31.4 Å². The summed E-state index contributed by atoms with van der Waals surface area (Å²) in [7, 11) is 1.75. The molecule has 6 rings (SSSR count). The normalized spacial score (nSPS) is 18.2. The minimum atomic E-state index is -0.160. The van der Waals surface area contributed by atoms with Crippen molar-refractivity contribution >= 4 is 39.9 Å². The van der Waals surface area contributed by atoms with E-state index in [4.69, 9.17) is 21.3 Å². The van der Waals surface area contributed by atoms with Crippen molar-refractivity contribution in [2.75, 3.05) is 32.1 Å². The summed E-state index contributed by atoms with van der Waals surface area (Å²) in [5, 5.41) is 10.8. The molecular weight excluding hydrogens is 484 g/mol. The molecule has 180 valence electrons. The Morgan fingerprint density at radius 2 is 2.14 bits per heavy atom. The first-order chi connectivity index (χ1) is 17.1.